The SMILES string of the molecule is NCCOCc1nc(C2CCOc3ccccc32)no1. The van der Waals surface area contributed by atoms with Crippen molar-refractivity contribution in [2.45, 2.75) is 18.9 Å². The molecule has 2 heterocycles. The van der Waals surface area contributed by atoms with Crippen LogP contribution in [0.4, 0.5) is 0 Å². The Hall–Kier alpha value is -1.92. The van der Waals surface area contributed by atoms with Crippen molar-refractivity contribution in [2.24, 2.45) is 5.73 Å². The third-order valence-electron chi connectivity index (χ3n) is 3.24. The van der Waals surface area contributed by atoms with E-state index in [0.29, 0.717) is 38.1 Å². The molecule has 1 aromatic carbocycles. The minimum Gasteiger partial charge on any atom is -0.493 e. The first kappa shape index (κ1) is 13.1. The van der Waals surface area contributed by atoms with E-state index in [1.807, 2.05) is 24.3 Å². The maximum atomic E-state index is 5.64. The summed E-state index contributed by atoms with van der Waals surface area (Å²) < 4.78 is 16.1. The molecule has 0 amide bonds. The highest BCUT2D eigenvalue weighted by atomic mass is 16.5. The Bertz CT molecular complexity index is 570. The summed E-state index contributed by atoms with van der Waals surface area (Å²) in [6.45, 7) is 1.93. The standard InChI is InChI=1S/C14H17N3O3/c15-6-8-18-9-13-16-14(17-20-13)11-5-7-19-12-4-2-1-3-10(11)12/h1-4,11H,5-9,15H2. The normalized spacial score (nSPS) is 17.6. The molecular weight excluding hydrogens is 258 g/mol. The number of aromatic nitrogens is 2. The first-order valence-corrected chi connectivity index (χ1v) is 6.70. The van der Waals surface area contributed by atoms with Crippen LogP contribution in [-0.4, -0.2) is 29.9 Å². The lowest BCUT2D eigenvalue weighted by Crippen LogP contribution is -2.16. The fourth-order valence-corrected chi connectivity index (χ4v) is 2.32. The van der Waals surface area contributed by atoms with Gasteiger partial charge in [0.05, 0.1) is 19.1 Å². The highest BCUT2D eigenvalue weighted by molar-refractivity contribution is 5.40. The molecule has 0 spiro atoms. The first-order valence-electron chi connectivity index (χ1n) is 6.70. The van der Waals surface area contributed by atoms with Gasteiger partial charge in [-0.1, -0.05) is 23.4 Å². The lowest BCUT2D eigenvalue weighted by Gasteiger charge is -2.23. The third-order valence-corrected chi connectivity index (χ3v) is 3.24. The van der Waals surface area contributed by atoms with E-state index in [-0.39, 0.29) is 5.92 Å². The number of ether oxygens (including phenoxy) is 2. The zero-order chi connectivity index (χ0) is 13.8. The number of nitrogens with zero attached hydrogens (tertiary/aromatic N) is 2. The minimum absolute atomic E-state index is 0.118. The Morgan fingerprint density at radius 1 is 1.35 bits per heavy atom. The number of hydrogen-bond acceptors (Lipinski definition) is 6. The number of para-hydroxylation sites is 1. The molecule has 1 aliphatic heterocycles. The van der Waals surface area contributed by atoms with Gasteiger partial charge in [0.2, 0.25) is 0 Å². The van der Waals surface area contributed by atoms with E-state index in [9.17, 15) is 0 Å². The van der Waals surface area contributed by atoms with E-state index in [2.05, 4.69) is 10.1 Å². The van der Waals surface area contributed by atoms with Gasteiger partial charge in [0.15, 0.2) is 5.82 Å². The predicted octanol–water partition coefficient (Wildman–Crippen LogP) is 1.46. The Kier molecular flexibility index (Phi) is 3.94. The summed E-state index contributed by atoms with van der Waals surface area (Å²) >= 11 is 0. The highest BCUT2D eigenvalue weighted by Gasteiger charge is 2.26. The Morgan fingerprint density at radius 3 is 3.15 bits per heavy atom. The maximum Gasteiger partial charge on any atom is 0.252 e. The molecule has 0 bridgehead atoms. The largest absolute Gasteiger partial charge is 0.493 e. The number of rotatable bonds is 5. The maximum absolute atomic E-state index is 5.64. The van der Waals surface area contributed by atoms with Gasteiger partial charge in [0, 0.05) is 12.1 Å². The second kappa shape index (κ2) is 6.02. The van der Waals surface area contributed by atoms with Gasteiger partial charge in [0.1, 0.15) is 12.4 Å². The van der Waals surface area contributed by atoms with E-state index in [1.54, 1.807) is 0 Å². The van der Waals surface area contributed by atoms with Gasteiger partial charge in [-0.3, -0.25) is 0 Å². The summed E-state index contributed by atoms with van der Waals surface area (Å²) in [5, 5.41) is 4.06. The van der Waals surface area contributed by atoms with Gasteiger partial charge < -0.3 is 19.7 Å². The summed E-state index contributed by atoms with van der Waals surface area (Å²) in [6.07, 6.45) is 0.847. The van der Waals surface area contributed by atoms with Crippen molar-refractivity contribution in [2.75, 3.05) is 19.8 Å². The van der Waals surface area contributed by atoms with Crippen LogP contribution in [0.1, 0.15) is 29.6 Å². The monoisotopic (exact) mass is 275 g/mol. The molecular formula is C14H17N3O3. The Morgan fingerprint density at radius 2 is 2.25 bits per heavy atom. The molecule has 6 nitrogen and oxygen atoms in total. The van der Waals surface area contributed by atoms with Crippen LogP contribution in [0.5, 0.6) is 5.75 Å². The van der Waals surface area contributed by atoms with E-state index < -0.39 is 0 Å². The quantitative estimate of drug-likeness (QED) is 0.832. The molecule has 1 aromatic heterocycles. The summed E-state index contributed by atoms with van der Waals surface area (Å²) in [6, 6.07) is 7.96. The van der Waals surface area contributed by atoms with Crippen LogP contribution in [-0.2, 0) is 11.3 Å². The molecule has 0 aliphatic carbocycles. The number of fused-ring (bicyclic) bond motifs is 1. The van der Waals surface area contributed by atoms with E-state index in [4.69, 9.17) is 19.7 Å². The van der Waals surface area contributed by atoms with Crippen molar-refractivity contribution in [1.82, 2.24) is 10.1 Å². The molecule has 0 fully saturated rings. The van der Waals surface area contributed by atoms with Crippen molar-refractivity contribution in [3.63, 3.8) is 0 Å². The van der Waals surface area contributed by atoms with Gasteiger partial charge in [-0.25, -0.2) is 0 Å². The summed E-state index contributed by atoms with van der Waals surface area (Å²) in [5.41, 5.74) is 6.47. The topological polar surface area (TPSA) is 83.4 Å². The van der Waals surface area contributed by atoms with Gasteiger partial charge in [-0.2, -0.15) is 4.98 Å². The molecule has 3 rings (SSSR count). The molecule has 106 valence electrons. The molecule has 0 saturated heterocycles. The lowest BCUT2D eigenvalue weighted by atomic mass is 9.92. The summed E-state index contributed by atoms with van der Waals surface area (Å²) in [5.74, 6) is 2.19. The Labute approximate surface area is 116 Å². The second-order valence-electron chi connectivity index (χ2n) is 4.62. The van der Waals surface area contributed by atoms with Crippen LogP contribution in [0.2, 0.25) is 0 Å². The fraction of sp³-hybridized carbons (Fsp3) is 0.429. The number of hydrogen-bond donors (Lipinski definition) is 1. The van der Waals surface area contributed by atoms with E-state index in [0.717, 1.165) is 17.7 Å². The molecule has 2 N–H and O–H groups in total. The zero-order valence-electron chi connectivity index (χ0n) is 11.1. The average Bonchev–Trinajstić information content (AvgIpc) is 2.96. The van der Waals surface area contributed by atoms with Crippen molar-refractivity contribution in [3.8, 4) is 5.75 Å². The van der Waals surface area contributed by atoms with E-state index in [1.165, 1.54) is 0 Å². The molecule has 1 aliphatic rings. The van der Waals surface area contributed by atoms with Crippen molar-refractivity contribution >= 4 is 0 Å². The van der Waals surface area contributed by atoms with Gasteiger partial charge in [-0.05, 0) is 12.5 Å². The lowest BCUT2D eigenvalue weighted by molar-refractivity contribution is 0.104. The molecule has 2 aromatic rings. The van der Waals surface area contributed by atoms with Crippen LogP contribution in [0.15, 0.2) is 28.8 Å². The zero-order valence-corrected chi connectivity index (χ0v) is 11.1. The van der Waals surface area contributed by atoms with Gasteiger partial charge in [0.25, 0.3) is 5.89 Å². The molecule has 0 saturated carbocycles. The van der Waals surface area contributed by atoms with Gasteiger partial charge in [-0.15, -0.1) is 0 Å². The first-order chi connectivity index (χ1) is 9.88. The molecule has 1 atom stereocenters. The van der Waals surface area contributed by atoms with Crippen LogP contribution in [0.3, 0.4) is 0 Å². The smallest absolute Gasteiger partial charge is 0.252 e. The summed E-state index contributed by atoms with van der Waals surface area (Å²) in [7, 11) is 0. The second-order valence-corrected chi connectivity index (χ2v) is 4.62. The van der Waals surface area contributed by atoms with E-state index >= 15 is 0 Å². The summed E-state index contributed by atoms with van der Waals surface area (Å²) in [4.78, 5) is 4.41. The van der Waals surface area contributed by atoms with Crippen LogP contribution >= 0.6 is 0 Å². The van der Waals surface area contributed by atoms with Crippen molar-refractivity contribution < 1.29 is 14.0 Å². The molecule has 6 heteroatoms. The average molecular weight is 275 g/mol. The van der Waals surface area contributed by atoms with Crippen LogP contribution in [0.25, 0.3) is 0 Å². The Balaban J connectivity index is 1.77. The highest BCUT2D eigenvalue weighted by Crippen LogP contribution is 2.36. The van der Waals surface area contributed by atoms with Crippen molar-refractivity contribution in [3.05, 3.63) is 41.5 Å². The minimum atomic E-state index is 0.118. The number of benzene rings is 1. The molecule has 0 radical (unpaired) electrons. The van der Waals surface area contributed by atoms with Gasteiger partial charge >= 0.3 is 0 Å². The third kappa shape index (κ3) is 2.66. The molecule has 1 unspecified atom stereocenters. The van der Waals surface area contributed by atoms with Crippen LogP contribution < -0.4 is 10.5 Å². The number of nitrogens with two attached hydrogens (primary N) is 1. The predicted molar refractivity (Wildman–Crippen MR) is 71.4 cm³/mol. The van der Waals surface area contributed by atoms with Crippen molar-refractivity contribution in [1.29, 1.82) is 0 Å². The fourth-order valence-electron chi connectivity index (χ4n) is 2.32. The van der Waals surface area contributed by atoms with Crippen LogP contribution in [0, 0.1) is 0 Å². The molecule has 20 heavy (non-hydrogen) atoms.